The van der Waals surface area contributed by atoms with Crippen LogP contribution in [0.25, 0.3) is 0 Å². The van der Waals surface area contributed by atoms with Crippen molar-refractivity contribution in [3.63, 3.8) is 0 Å². The minimum Gasteiger partial charge on any atom is -0.378 e. The number of aromatic nitrogens is 2. The van der Waals surface area contributed by atoms with E-state index >= 15 is 0 Å². The number of nitrogens with one attached hydrogen (secondary N) is 1. The number of rotatable bonds is 6. The number of likely N-dealkylation sites (tertiary alicyclic amines) is 1. The topological polar surface area (TPSA) is 79.7 Å². The zero-order valence-corrected chi connectivity index (χ0v) is 18.4. The van der Waals surface area contributed by atoms with Gasteiger partial charge in [-0.25, -0.2) is 4.39 Å². The van der Waals surface area contributed by atoms with Crippen LogP contribution in [0.4, 0.5) is 10.1 Å². The number of halogens is 1. The molecule has 2 fully saturated rings. The van der Waals surface area contributed by atoms with E-state index in [2.05, 4.69) is 15.3 Å². The first-order valence-electron chi connectivity index (χ1n) is 11.2. The third-order valence-corrected chi connectivity index (χ3v) is 6.12. The van der Waals surface area contributed by atoms with Crippen molar-refractivity contribution in [3.05, 3.63) is 47.5 Å². The van der Waals surface area contributed by atoms with Crippen LogP contribution in [-0.4, -0.2) is 77.3 Å². The maximum absolute atomic E-state index is 13.0. The Kier molecular flexibility index (Phi) is 7.16. The summed E-state index contributed by atoms with van der Waals surface area (Å²) < 4.78 is 20.1. The minimum absolute atomic E-state index is 0.0336. The minimum atomic E-state index is -0.326. The number of carbonyl (C=O) groups excluding carboxylic acids is 2. The van der Waals surface area contributed by atoms with Gasteiger partial charge in [0.15, 0.2) is 0 Å². The monoisotopic (exact) mass is 443 g/mol. The molecule has 172 valence electrons. The first kappa shape index (κ1) is 22.4. The van der Waals surface area contributed by atoms with Gasteiger partial charge in [0.1, 0.15) is 5.82 Å². The quantitative estimate of drug-likeness (QED) is 0.738. The molecule has 9 heteroatoms. The van der Waals surface area contributed by atoms with E-state index in [9.17, 15) is 14.0 Å². The Morgan fingerprint density at radius 2 is 1.81 bits per heavy atom. The fourth-order valence-electron chi connectivity index (χ4n) is 4.36. The molecule has 0 atom stereocenters. The summed E-state index contributed by atoms with van der Waals surface area (Å²) in [5.74, 6) is 0.0369. The molecule has 0 radical (unpaired) electrons. The van der Waals surface area contributed by atoms with E-state index in [1.807, 2.05) is 18.1 Å². The van der Waals surface area contributed by atoms with Gasteiger partial charge in [-0.1, -0.05) is 0 Å². The molecule has 0 spiro atoms. The van der Waals surface area contributed by atoms with Gasteiger partial charge in [0, 0.05) is 32.0 Å². The second kappa shape index (κ2) is 10.2. The molecule has 0 aliphatic carbocycles. The number of hydrogen-bond donors (Lipinski definition) is 1. The summed E-state index contributed by atoms with van der Waals surface area (Å²) in [5.41, 5.74) is 2.14. The highest BCUT2D eigenvalue weighted by Crippen LogP contribution is 2.23. The van der Waals surface area contributed by atoms with E-state index < -0.39 is 0 Å². The zero-order chi connectivity index (χ0) is 22.5. The predicted molar refractivity (Wildman–Crippen MR) is 118 cm³/mol. The molecule has 1 aromatic carbocycles. The third kappa shape index (κ3) is 5.72. The van der Waals surface area contributed by atoms with Gasteiger partial charge in [0.2, 0.25) is 5.91 Å². The number of nitrogens with zero attached hydrogens (tertiary/aromatic N) is 4. The van der Waals surface area contributed by atoms with Crippen molar-refractivity contribution in [1.82, 2.24) is 19.6 Å². The van der Waals surface area contributed by atoms with E-state index in [1.165, 1.54) is 12.1 Å². The average molecular weight is 444 g/mol. The Hall–Kier alpha value is -2.78. The molecule has 2 aliphatic rings. The van der Waals surface area contributed by atoms with Crippen LogP contribution in [0, 0.1) is 11.7 Å². The van der Waals surface area contributed by atoms with E-state index in [0.717, 1.165) is 38.0 Å². The number of hydrogen-bond acceptors (Lipinski definition) is 5. The van der Waals surface area contributed by atoms with Crippen molar-refractivity contribution in [2.75, 3.05) is 51.3 Å². The van der Waals surface area contributed by atoms with E-state index in [1.54, 1.807) is 16.8 Å². The Labute approximate surface area is 187 Å². The lowest BCUT2D eigenvalue weighted by Gasteiger charge is -2.31. The summed E-state index contributed by atoms with van der Waals surface area (Å²) in [7, 11) is 1.85. The average Bonchev–Trinajstić information content (AvgIpc) is 3.16. The SMILES string of the molecule is Cn1cc(C(=O)N2CCOCC2)c(CC2CCN(CC(=O)Nc3ccc(F)cc3)CC2)n1. The van der Waals surface area contributed by atoms with Crippen LogP contribution < -0.4 is 5.32 Å². The van der Waals surface area contributed by atoms with E-state index in [0.29, 0.717) is 50.0 Å². The Morgan fingerprint density at radius 1 is 1.12 bits per heavy atom. The molecule has 2 amide bonds. The number of benzene rings is 1. The molecule has 2 aromatic rings. The molecular formula is C23H30FN5O3. The summed E-state index contributed by atoms with van der Waals surface area (Å²) in [6.45, 7) is 4.34. The molecule has 8 nitrogen and oxygen atoms in total. The summed E-state index contributed by atoms with van der Waals surface area (Å²) >= 11 is 0. The fourth-order valence-corrected chi connectivity index (χ4v) is 4.36. The number of aryl methyl sites for hydroxylation is 1. The van der Waals surface area contributed by atoms with E-state index in [4.69, 9.17) is 4.74 Å². The summed E-state index contributed by atoms with van der Waals surface area (Å²) in [6.07, 6.45) is 4.49. The molecule has 32 heavy (non-hydrogen) atoms. The highest BCUT2D eigenvalue weighted by Gasteiger charge is 2.27. The number of ether oxygens (including phenoxy) is 1. The van der Waals surface area contributed by atoms with Gasteiger partial charge in [-0.2, -0.15) is 5.10 Å². The molecule has 0 unspecified atom stereocenters. The van der Waals surface area contributed by atoms with Gasteiger partial charge in [0.25, 0.3) is 5.91 Å². The number of morpholine rings is 1. The van der Waals surface area contributed by atoms with Crippen LogP contribution in [0.2, 0.25) is 0 Å². The second-order valence-corrected chi connectivity index (χ2v) is 8.55. The van der Waals surface area contributed by atoms with Crippen molar-refractivity contribution < 1.29 is 18.7 Å². The molecule has 0 bridgehead atoms. The van der Waals surface area contributed by atoms with Crippen molar-refractivity contribution in [2.24, 2.45) is 13.0 Å². The Bertz CT molecular complexity index is 932. The maximum Gasteiger partial charge on any atom is 0.257 e. The predicted octanol–water partition coefficient (Wildman–Crippen LogP) is 1.92. The Balaban J connectivity index is 1.27. The number of piperidine rings is 1. The highest BCUT2D eigenvalue weighted by atomic mass is 19.1. The van der Waals surface area contributed by atoms with E-state index in [-0.39, 0.29) is 17.6 Å². The number of amides is 2. The highest BCUT2D eigenvalue weighted by molar-refractivity contribution is 5.95. The largest absolute Gasteiger partial charge is 0.378 e. The number of anilines is 1. The van der Waals surface area contributed by atoms with Gasteiger partial charge in [-0.05, 0) is 62.5 Å². The van der Waals surface area contributed by atoms with Crippen LogP contribution >= 0.6 is 0 Å². The van der Waals surface area contributed by atoms with Crippen molar-refractivity contribution >= 4 is 17.5 Å². The van der Waals surface area contributed by atoms with Crippen molar-refractivity contribution in [3.8, 4) is 0 Å². The standard InChI is InChI=1S/C23H30FN5O3/c1-27-15-20(23(31)29-10-12-32-13-11-29)21(26-27)14-17-6-8-28(9-7-17)16-22(30)25-19-4-2-18(24)3-5-19/h2-5,15,17H,6-14,16H2,1H3,(H,25,30). The molecule has 2 aliphatic heterocycles. The first-order chi connectivity index (χ1) is 15.5. The lowest BCUT2D eigenvalue weighted by Crippen LogP contribution is -2.41. The third-order valence-electron chi connectivity index (χ3n) is 6.12. The summed E-state index contributed by atoms with van der Waals surface area (Å²) in [6, 6.07) is 5.78. The molecule has 4 rings (SSSR count). The van der Waals surface area contributed by atoms with Crippen LogP contribution in [0.5, 0.6) is 0 Å². The van der Waals surface area contributed by atoms with Gasteiger partial charge in [-0.15, -0.1) is 0 Å². The molecule has 0 saturated carbocycles. The zero-order valence-electron chi connectivity index (χ0n) is 18.4. The molecular weight excluding hydrogens is 413 g/mol. The molecule has 2 saturated heterocycles. The normalized spacial score (nSPS) is 18.0. The van der Waals surface area contributed by atoms with Crippen LogP contribution in [-0.2, 0) is 23.0 Å². The van der Waals surface area contributed by atoms with Gasteiger partial charge in [-0.3, -0.25) is 19.2 Å². The van der Waals surface area contributed by atoms with Crippen LogP contribution in [0.3, 0.4) is 0 Å². The first-order valence-corrected chi connectivity index (χ1v) is 11.2. The Morgan fingerprint density at radius 3 is 2.50 bits per heavy atom. The van der Waals surface area contributed by atoms with Crippen LogP contribution in [0.15, 0.2) is 30.5 Å². The lowest BCUT2D eigenvalue weighted by atomic mass is 9.91. The lowest BCUT2D eigenvalue weighted by molar-refractivity contribution is -0.117. The maximum atomic E-state index is 13.0. The summed E-state index contributed by atoms with van der Waals surface area (Å²) in [5, 5.41) is 7.38. The van der Waals surface area contributed by atoms with Crippen molar-refractivity contribution in [2.45, 2.75) is 19.3 Å². The summed E-state index contributed by atoms with van der Waals surface area (Å²) in [4.78, 5) is 29.2. The fraction of sp³-hybridized carbons (Fsp3) is 0.522. The molecule has 3 heterocycles. The van der Waals surface area contributed by atoms with Gasteiger partial charge in [0.05, 0.1) is 31.0 Å². The molecule has 1 aromatic heterocycles. The second-order valence-electron chi connectivity index (χ2n) is 8.55. The number of carbonyl (C=O) groups is 2. The van der Waals surface area contributed by atoms with Gasteiger partial charge >= 0.3 is 0 Å². The van der Waals surface area contributed by atoms with Crippen LogP contribution in [0.1, 0.15) is 28.9 Å². The van der Waals surface area contributed by atoms with Crippen molar-refractivity contribution in [1.29, 1.82) is 0 Å². The smallest absolute Gasteiger partial charge is 0.257 e. The molecule has 1 N–H and O–H groups in total. The van der Waals surface area contributed by atoms with Gasteiger partial charge < -0.3 is 15.0 Å².